The highest BCUT2D eigenvalue weighted by Gasteiger charge is 2.20. The van der Waals surface area contributed by atoms with Gasteiger partial charge in [-0.3, -0.25) is 0 Å². The molecular formula is C12H21N3S. The lowest BCUT2D eigenvalue weighted by Gasteiger charge is -2.28. The third-order valence-electron chi connectivity index (χ3n) is 3.43. The summed E-state index contributed by atoms with van der Waals surface area (Å²) in [6, 6.07) is 0.683. The van der Waals surface area contributed by atoms with E-state index in [0.717, 1.165) is 17.6 Å². The first-order valence-corrected chi connectivity index (χ1v) is 7.30. The maximum Gasteiger partial charge on any atom is 0.122 e. The first kappa shape index (κ1) is 12.0. The van der Waals surface area contributed by atoms with Gasteiger partial charge in [0.1, 0.15) is 5.82 Å². The fraction of sp³-hybridized carbons (Fsp3) is 0.750. The van der Waals surface area contributed by atoms with Crippen LogP contribution >= 0.6 is 11.8 Å². The summed E-state index contributed by atoms with van der Waals surface area (Å²) in [5, 5.41) is 4.49. The number of aromatic nitrogens is 2. The molecule has 1 heterocycles. The van der Waals surface area contributed by atoms with Crippen LogP contribution in [0.5, 0.6) is 0 Å². The minimum Gasteiger partial charge on any atom is -0.337 e. The van der Waals surface area contributed by atoms with Crippen molar-refractivity contribution in [2.24, 2.45) is 7.05 Å². The normalized spacial score (nSPS) is 25.9. The molecular weight excluding hydrogens is 218 g/mol. The Kier molecular flexibility index (Phi) is 4.29. The smallest absolute Gasteiger partial charge is 0.122 e. The number of nitrogens with zero attached hydrogens (tertiary/aromatic N) is 2. The van der Waals surface area contributed by atoms with Crippen LogP contribution in [0.1, 0.15) is 31.5 Å². The van der Waals surface area contributed by atoms with Crippen LogP contribution in [0, 0.1) is 0 Å². The average molecular weight is 239 g/mol. The van der Waals surface area contributed by atoms with Gasteiger partial charge in [-0.05, 0) is 25.5 Å². The van der Waals surface area contributed by atoms with Gasteiger partial charge in [0.15, 0.2) is 0 Å². The standard InChI is InChI=1S/C12H21N3S/c1-15-7-6-13-12(15)9-14-10-4-3-5-11(8-10)16-2/h6-7,10-11,14H,3-5,8-9H2,1-2H3. The molecule has 0 amide bonds. The molecule has 1 N–H and O–H groups in total. The zero-order chi connectivity index (χ0) is 11.4. The number of aryl methyl sites for hydroxylation is 1. The molecule has 16 heavy (non-hydrogen) atoms. The molecule has 0 radical (unpaired) electrons. The average Bonchev–Trinajstić information content (AvgIpc) is 2.72. The van der Waals surface area contributed by atoms with E-state index in [0.29, 0.717) is 6.04 Å². The van der Waals surface area contributed by atoms with Gasteiger partial charge in [0.25, 0.3) is 0 Å². The lowest BCUT2D eigenvalue weighted by Crippen LogP contribution is -2.35. The summed E-state index contributed by atoms with van der Waals surface area (Å²) < 4.78 is 2.09. The third-order valence-corrected chi connectivity index (χ3v) is 4.52. The fourth-order valence-electron chi connectivity index (χ4n) is 2.35. The van der Waals surface area contributed by atoms with Gasteiger partial charge >= 0.3 is 0 Å². The van der Waals surface area contributed by atoms with Crippen molar-refractivity contribution < 1.29 is 0 Å². The van der Waals surface area contributed by atoms with Crippen LogP contribution in [0.2, 0.25) is 0 Å². The molecule has 0 aliphatic heterocycles. The van der Waals surface area contributed by atoms with Gasteiger partial charge in [0.05, 0.1) is 6.54 Å². The lowest BCUT2D eigenvalue weighted by atomic mass is 9.95. The van der Waals surface area contributed by atoms with Gasteiger partial charge in [-0.25, -0.2) is 4.98 Å². The lowest BCUT2D eigenvalue weighted by molar-refractivity contribution is 0.375. The van der Waals surface area contributed by atoms with Gasteiger partial charge in [0, 0.05) is 30.7 Å². The topological polar surface area (TPSA) is 29.9 Å². The molecule has 0 aromatic carbocycles. The molecule has 0 spiro atoms. The molecule has 4 heteroatoms. The number of hydrogen-bond acceptors (Lipinski definition) is 3. The summed E-state index contributed by atoms with van der Waals surface area (Å²) in [4.78, 5) is 4.33. The van der Waals surface area contributed by atoms with Crippen molar-refractivity contribution in [1.82, 2.24) is 14.9 Å². The zero-order valence-corrected chi connectivity index (χ0v) is 11.0. The maximum atomic E-state index is 4.33. The molecule has 0 bridgehead atoms. The SMILES string of the molecule is CSC1CCCC(NCc2nccn2C)C1. The van der Waals surface area contributed by atoms with Crippen molar-refractivity contribution in [1.29, 1.82) is 0 Å². The van der Waals surface area contributed by atoms with Crippen molar-refractivity contribution in [2.75, 3.05) is 6.26 Å². The minimum absolute atomic E-state index is 0.683. The first-order valence-electron chi connectivity index (χ1n) is 6.02. The number of imidazole rings is 1. The summed E-state index contributed by atoms with van der Waals surface area (Å²) in [7, 11) is 2.05. The van der Waals surface area contributed by atoms with E-state index >= 15 is 0 Å². The molecule has 2 atom stereocenters. The van der Waals surface area contributed by atoms with E-state index in [4.69, 9.17) is 0 Å². The van der Waals surface area contributed by atoms with E-state index in [1.807, 2.05) is 24.2 Å². The highest BCUT2D eigenvalue weighted by atomic mass is 32.2. The third kappa shape index (κ3) is 3.01. The molecule has 1 saturated carbocycles. The summed E-state index contributed by atoms with van der Waals surface area (Å²) in [5.41, 5.74) is 0. The summed E-state index contributed by atoms with van der Waals surface area (Å²) in [6.07, 6.45) is 11.5. The van der Waals surface area contributed by atoms with Gasteiger partial charge in [-0.2, -0.15) is 11.8 Å². The Bertz CT molecular complexity index is 324. The van der Waals surface area contributed by atoms with Gasteiger partial charge in [0.2, 0.25) is 0 Å². The highest BCUT2D eigenvalue weighted by Crippen LogP contribution is 2.26. The van der Waals surface area contributed by atoms with E-state index in [1.165, 1.54) is 25.7 Å². The van der Waals surface area contributed by atoms with Gasteiger partial charge in [-0.1, -0.05) is 6.42 Å². The van der Waals surface area contributed by atoms with Crippen LogP contribution in [-0.2, 0) is 13.6 Å². The molecule has 90 valence electrons. The second-order valence-electron chi connectivity index (χ2n) is 4.56. The predicted octanol–water partition coefficient (Wildman–Crippen LogP) is 2.18. The van der Waals surface area contributed by atoms with Crippen molar-refractivity contribution in [2.45, 2.75) is 43.5 Å². The maximum absolute atomic E-state index is 4.33. The molecule has 1 aromatic rings. The Labute approximate surface area is 102 Å². The van der Waals surface area contributed by atoms with E-state index in [-0.39, 0.29) is 0 Å². The van der Waals surface area contributed by atoms with Crippen molar-refractivity contribution in [3.05, 3.63) is 18.2 Å². The van der Waals surface area contributed by atoms with Crippen LogP contribution in [0.25, 0.3) is 0 Å². The fourth-order valence-corrected chi connectivity index (χ4v) is 3.17. The van der Waals surface area contributed by atoms with Crippen LogP contribution in [0.15, 0.2) is 12.4 Å². The second-order valence-corrected chi connectivity index (χ2v) is 5.69. The number of thioether (sulfide) groups is 1. The van der Waals surface area contributed by atoms with Crippen molar-refractivity contribution in [3.63, 3.8) is 0 Å². The summed E-state index contributed by atoms with van der Waals surface area (Å²) in [5.74, 6) is 1.13. The van der Waals surface area contributed by atoms with Crippen LogP contribution in [0.3, 0.4) is 0 Å². The summed E-state index contributed by atoms with van der Waals surface area (Å²) >= 11 is 2.02. The Hall–Kier alpha value is -0.480. The quantitative estimate of drug-likeness (QED) is 0.873. The zero-order valence-electron chi connectivity index (χ0n) is 10.1. The number of hydrogen-bond donors (Lipinski definition) is 1. The monoisotopic (exact) mass is 239 g/mol. The van der Waals surface area contributed by atoms with Crippen LogP contribution in [-0.4, -0.2) is 27.1 Å². The van der Waals surface area contributed by atoms with Gasteiger partial charge in [-0.15, -0.1) is 0 Å². The molecule has 1 fully saturated rings. The van der Waals surface area contributed by atoms with E-state index in [1.54, 1.807) is 0 Å². The number of rotatable bonds is 4. The predicted molar refractivity (Wildman–Crippen MR) is 69.6 cm³/mol. The molecule has 2 rings (SSSR count). The van der Waals surface area contributed by atoms with E-state index in [9.17, 15) is 0 Å². The first-order chi connectivity index (χ1) is 7.79. The molecule has 1 aliphatic rings. The minimum atomic E-state index is 0.683. The van der Waals surface area contributed by atoms with Crippen molar-refractivity contribution >= 4 is 11.8 Å². The second kappa shape index (κ2) is 5.73. The number of nitrogens with one attached hydrogen (secondary N) is 1. The van der Waals surface area contributed by atoms with Crippen LogP contribution in [0.4, 0.5) is 0 Å². The Balaban J connectivity index is 1.79. The molecule has 3 nitrogen and oxygen atoms in total. The Morgan fingerprint density at radius 2 is 2.44 bits per heavy atom. The molecule has 1 aromatic heterocycles. The van der Waals surface area contributed by atoms with E-state index in [2.05, 4.69) is 28.2 Å². The van der Waals surface area contributed by atoms with E-state index < -0.39 is 0 Å². The molecule has 2 unspecified atom stereocenters. The molecule has 1 aliphatic carbocycles. The Morgan fingerprint density at radius 3 is 3.12 bits per heavy atom. The van der Waals surface area contributed by atoms with Gasteiger partial charge < -0.3 is 9.88 Å². The highest BCUT2D eigenvalue weighted by molar-refractivity contribution is 7.99. The van der Waals surface area contributed by atoms with Crippen molar-refractivity contribution in [3.8, 4) is 0 Å². The molecule has 0 saturated heterocycles. The summed E-state index contributed by atoms with van der Waals surface area (Å²) in [6.45, 7) is 0.898. The largest absolute Gasteiger partial charge is 0.337 e. The van der Waals surface area contributed by atoms with Crippen LogP contribution < -0.4 is 5.32 Å². The Morgan fingerprint density at radius 1 is 1.56 bits per heavy atom.